The molecule has 0 fully saturated rings. The van der Waals surface area contributed by atoms with Crippen molar-refractivity contribution in [1.29, 1.82) is 0 Å². The van der Waals surface area contributed by atoms with Gasteiger partial charge in [-0.05, 0) is 54.4 Å². The first-order valence-corrected chi connectivity index (χ1v) is 11.4. The number of esters is 1. The average molecular weight is 494 g/mol. The zero-order chi connectivity index (χ0) is 21.7. The lowest BCUT2D eigenvalue weighted by Gasteiger charge is -2.09. The first kappa shape index (κ1) is 22.0. The van der Waals surface area contributed by atoms with Gasteiger partial charge in [0.2, 0.25) is 0 Å². The Morgan fingerprint density at radius 2 is 1.80 bits per heavy atom. The van der Waals surface area contributed by atoms with Gasteiger partial charge in [-0.2, -0.15) is 4.98 Å². The number of rotatable bonds is 8. The molecule has 3 rings (SSSR count). The summed E-state index contributed by atoms with van der Waals surface area (Å²) in [4.78, 5) is 16.5. The largest absolute Gasteiger partial charge is 0.452 e. The fraction of sp³-hybridized carbons (Fsp3) is 0.250. The number of benzene rings is 2. The Morgan fingerprint density at radius 1 is 1.13 bits per heavy atom. The Bertz CT molecular complexity index is 1110. The molecule has 1 heterocycles. The molecule has 0 unspecified atom stereocenters. The minimum absolute atomic E-state index is 0.130. The first-order chi connectivity index (χ1) is 14.2. The Balaban J connectivity index is 1.58. The van der Waals surface area contributed by atoms with E-state index in [0.717, 1.165) is 4.47 Å². The molecule has 8 nitrogen and oxygen atoms in total. The summed E-state index contributed by atoms with van der Waals surface area (Å²) in [6.45, 7) is 3.94. The zero-order valence-electron chi connectivity index (χ0n) is 16.3. The van der Waals surface area contributed by atoms with Crippen LogP contribution in [0.2, 0.25) is 0 Å². The minimum Gasteiger partial charge on any atom is -0.452 e. The van der Waals surface area contributed by atoms with Crippen LogP contribution in [0.5, 0.6) is 0 Å². The van der Waals surface area contributed by atoms with Gasteiger partial charge in [0, 0.05) is 16.6 Å². The van der Waals surface area contributed by atoms with Gasteiger partial charge < -0.3 is 9.26 Å². The van der Waals surface area contributed by atoms with Gasteiger partial charge in [0.05, 0.1) is 10.5 Å². The van der Waals surface area contributed by atoms with Crippen molar-refractivity contribution in [3.05, 3.63) is 70.3 Å². The molecular weight excluding hydrogens is 474 g/mol. The van der Waals surface area contributed by atoms with Crippen molar-refractivity contribution in [2.45, 2.75) is 31.8 Å². The van der Waals surface area contributed by atoms with Crippen LogP contribution in [0.1, 0.15) is 35.9 Å². The number of nitrogens with one attached hydrogen (secondary N) is 1. The Kier molecular flexibility index (Phi) is 6.88. The van der Waals surface area contributed by atoms with Gasteiger partial charge in [-0.1, -0.05) is 34.9 Å². The Morgan fingerprint density at radius 3 is 2.43 bits per heavy atom. The monoisotopic (exact) mass is 493 g/mol. The maximum absolute atomic E-state index is 12.4. The molecule has 0 radical (unpaired) electrons. The second kappa shape index (κ2) is 9.40. The second-order valence-corrected chi connectivity index (χ2v) is 9.51. The fourth-order valence-corrected chi connectivity index (χ4v) is 3.83. The number of nitrogens with zero attached hydrogens (tertiary/aromatic N) is 2. The number of halogens is 1. The van der Waals surface area contributed by atoms with Crippen molar-refractivity contribution in [2.75, 3.05) is 4.72 Å². The summed E-state index contributed by atoms with van der Waals surface area (Å²) in [5, 5.41) is 3.84. The lowest BCUT2D eigenvalue weighted by molar-refractivity contribution is 0.0430. The molecule has 10 heteroatoms. The molecule has 0 aliphatic rings. The van der Waals surface area contributed by atoms with Crippen LogP contribution in [-0.2, 0) is 27.8 Å². The SMILES string of the molecule is CC(C)Cc1noc(COC(=O)c2ccc(NS(=O)(=O)c3ccc(Br)cc3)cc2)n1. The zero-order valence-corrected chi connectivity index (χ0v) is 18.7. The Hall–Kier alpha value is -2.72. The number of hydrogen-bond donors (Lipinski definition) is 1. The van der Waals surface area contributed by atoms with Crippen LogP contribution >= 0.6 is 15.9 Å². The normalized spacial score (nSPS) is 11.5. The van der Waals surface area contributed by atoms with Gasteiger partial charge in [0.1, 0.15) is 0 Å². The topological polar surface area (TPSA) is 111 Å². The average Bonchev–Trinajstić information content (AvgIpc) is 3.13. The number of sulfonamides is 1. The standard InChI is InChI=1S/C20H20BrN3O5S/c1-13(2)11-18-22-19(29-23-18)12-28-20(25)14-3-7-16(8-4-14)24-30(26,27)17-9-5-15(21)6-10-17/h3-10,13,24H,11-12H2,1-2H3. The maximum Gasteiger partial charge on any atom is 0.338 e. The fourth-order valence-electron chi connectivity index (χ4n) is 2.51. The molecule has 0 aliphatic heterocycles. The molecule has 0 saturated carbocycles. The molecule has 0 amide bonds. The molecule has 0 atom stereocenters. The number of carbonyl (C=O) groups is 1. The highest BCUT2D eigenvalue weighted by Crippen LogP contribution is 2.19. The van der Waals surface area contributed by atoms with Crippen molar-refractivity contribution in [3.63, 3.8) is 0 Å². The van der Waals surface area contributed by atoms with E-state index in [1.807, 2.05) is 13.8 Å². The molecule has 0 aliphatic carbocycles. The highest BCUT2D eigenvalue weighted by Gasteiger charge is 2.15. The molecule has 30 heavy (non-hydrogen) atoms. The van der Waals surface area contributed by atoms with Crippen molar-refractivity contribution >= 4 is 37.6 Å². The number of aromatic nitrogens is 2. The van der Waals surface area contributed by atoms with E-state index in [-0.39, 0.29) is 23.0 Å². The summed E-state index contributed by atoms with van der Waals surface area (Å²) in [6.07, 6.45) is 0.676. The summed E-state index contributed by atoms with van der Waals surface area (Å²) in [7, 11) is -3.73. The first-order valence-electron chi connectivity index (χ1n) is 9.10. The quantitative estimate of drug-likeness (QED) is 0.468. The van der Waals surface area contributed by atoms with E-state index in [1.54, 1.807) is 12.1 Å². The third kappa shape index (κ3) is 5.90. The third-order valence-corrected chi connectivity index (χ3v) is 5.85. The second-order valence-electron chi connectivity index (χ2n) is 6.92. The van der Waals surface area contributed by atoms with Crippen molar-refractivity contribution in [1.82, 2.24) is 10.1 Å². The minimum atomic E-state index is -3.73. The summed E-state index contributed by atoms with van der Waals surface area (Å²) in [6, 6.07) is 12.2. The maximum atomic E-state index is 12.4. The van der Waals surface area contributed by atoms with E-state index in [1.165, 1.54) is 36.4 Å². The Labute approximate surface area is 182 Å². The summed E-state index contributed by atoms with van der Waals surface area (Å²) in [5.74, 6) is 0.593. The predicted octanol–water partition coefficient (Wildman–Crippen LogP) is 4.19. The molecule has 1 N–H and O–H groups in total. The van der Waals surface area contributed by atoms with E-state index in [4.69, 9.17) is 9.26 Å². The van der Waals surface area contributed by atoms with E-state index >= 15 is 0 Å². The van der Waals surface area contributed by atoms with Crippen molar-refractivity contribution in [2.24, 2.45) is 5.92 Å². The smallest absolute Gasteiger partial charge is 0.338 e. The lowest BCUT2D eigenvalue weighted by atomic mass is 10.1. The number of anilines is 1. The van der Waals surface area contributed by atoms with Crippen molar-refractivity contribution < 1.29 is 22.5 Å². The van der Waals surface area contributed by atoms with Gasteiger partial charge in [-0.15, -0.1) is 0 Å². The van der Waals surface area contributed by atoms with Crippen LogP contribution in [0.25, 0.3) is 0 Å². The molecule has 2 aromatic carbocycles. The van der Waals surface area contributed by atoms with Gasteiger partial charge in [-0.3, -0.25) is 4.72 Å². The van der Waals surface area contributed by atoms with Crippen LogP contribution in [0.3, 0.4) is 0 Å². The molecule has 1 aromatic heterocycles. The molecule has 158 valence electrons. The number of ether oxygens (including phenoxy) is 1. The van der Waals surface area contributed by atoms with Gasteiger partial charge in [0.15, 0.2) is 12.4 Å². The molecule has 0 bridgehead atoms. The van der Waals surface area contributed by atoms with Crippen LogP contribution in [-0.4, -0.2) is 24.5 Å². The molecular formula is C20H20BrN3O5S. The highest BCUT2D eigenvalue weighted by molar-refractivity contribution is 9.10. The van der Waals surface area contributed by atoms with E-state index < -0.39 is 16.0 Å². The van der Waals surface area contributed by atoms with E-state index in [0.29, 0.717) is 23.9 Å². The van der Waals surface area contributed by atoms with Gasteiger partial charge in [0.25, 0.3) is 15.9 Å². The van der Waals surface area contributed by atoms with Gasteiger partial charge >= 0.3 is 5.97 Å². The van der Waals surface area contributed by atoms with Crippen molar-refractivity contribution in [3.8, 4) is 0 Å². The van der Waals surface area contributed by atoms with E-state index in [2.05, 4.69) is 30.8 Å². The summed E-state index contributed by atoms with van der Waals surface area (Å²) < 4.78 is 38.3. The predicted molar refractivity (Wildman–Crippen MR) is 113 cm³/mol. The third-order valence-electron chi connectivity index (χ3n) is 3.92. The summed E-state index contributed by atoms with van der Waals surface area (Å²) in [5.41, 5.74) is 0.591. The van der Waals surface area contributed by atoms with Crippen LogP contribution in [0.4, 0.5) is 5.69 Å². The van der Waals surface area contributed by atoms with Crippen LogP contribution < -0.4 is 4.72 Å². The molecule has 0 saturated heterocycles. The molecule has 3 aromatic rings. The highest BCUT2D eigenvalue weighted by atomic mass is 79.9. The number of hydrogen-bond acceptors (Lipinski definition) is 7. The summed E-state index contributed by atoms with van der Waals surface area (Å²) >= 11 is 3.27. The molecule has 0 spiro atoms. The van der Waals surface area contributed by atoms with Gasteiger partial charge in [-0.25, -0.2) is 13.2 Å². The lowest BCUT2D eigenvalue weighted by Crippen LogP contribution is -2.13. The van der Waals surface area contributed by atoms with Crippen LogP contribution in [0.15, 0.2) is 62.4 Å². The van der Waals surface area contributed by atoms with E-state index in [9.17, 15) is 13.2 Å². The number of carbonyl (C=O) groups excluding carboxylic acids is 1. The van der Waals surface area contributed by atoms with Crippen LogP contribution in [0, 0.1) is 5.92 Å².